The second kappa shape index (κ2) is 8.78. The van der Waals surface area contributed by atoms with Crippen LogP contribution in [0.2, 0.25) is 0 Å². The first-order chi connectivity index (χ1) is 14.4. The van der Waals surface area contributed by atoms with Crippen LogP contribution in [0, 0.1) is 5.92 Å². The van der Waals surface area contributed by atoms with Gasteiger partial charge in [0.1, 0.15) is 11.5 Å². The van der Waals surface area contributed by atoms with Crippen molar-refractivity contribution in [2.24, 2.45) is 10.9 Å². The number of nitrogens with zero attached hydrogens (tertiary/aromatic N) is 2. The van der Waals surface area contributed by atoms with E-state index in [2.05, 4.69) is 4.99 Å². The molecule has 30 heavy (non-hydrogen) atoms. The van der Waals surface area contributed by atoms with Crippen molar-refractivity contribution in [2.45, 2.75) is 49.8 Å². The maximum atomic E-state index is 12.6. The summed E-state index contributed by atoms with van der Waals surface area (Å²) >= 11 is 1.39. The number of ether oxygens (including phenoxy) is 2. The Bertz CT molecular complexity index is 941. The van der Waals surface area contributed by atoms with E-state index in [0.717, 1.165) is 6.42 Å². The molecule has 4 rings (SSSR count). The third kappa shape index (κ3) is 4.46. The van der Waals surface area contributed by atoms with E-state index in [1.54, 1.807) is 26.4 Å². The number of rotatable bonds is 6. The van der Waals surface area contributed by atoms with E-state index in [1.165, 1.54) is 37.4 Å². The molecule has 7 nitrogen and oxygen atoms in total. The van der Waals surface area contributed by atoms with Crippen LogP contribution in [0.4, 0.5) is 5.69 Å². The normalized spacial score (nSPS) is 26.9. The first-order valence-electron chi connectivity index (χ1n) is 10.4. The molecule has 0 aromatic heterocycles. The van der Waals surface area contributed by atoms with Crippen molar-refractivity contribution >= 4 is 38.4 Å². The lowest BCUT2D eigenvalue weighted by Crippen LogP contribution is -2.38. The zero-order valence-corrected chi connectivity index (χ0v) is 19.0. The van der Waals surface area contributed by atoms with Crippen LogP contribution in [0.25, 0.3) is 0 Å². The Kier molecular flexibility index (Phi) is 6.29. The summed E-state index contributed by atoms with van der Waals surface area (Å²) in [6.45, 7) is 0. The number of hydrogen-bond acceptors (Lipinski definition) is 6. The van der Waals surface area contributed by atoms with E-state index < -0.39 is 9.84 Å². The number of benzene rings is 1. The van der Waals surface area contributed by atoms with Crippen LogP contribution in [0.3, 0.4) is 0 Å². The van der Waals surface area contributed by atoms with E-state index in [1.807, 2.05) is 11.0 Å². The smallest absolute Gasteiger partial charge is 0.248 e. The van der Waals surface area contributed by atoms with E-state index in [0.29, 0.717) is 34.7 Å². The van der Waals surface area contributed by atoms with Gasteiger partial charge in [-0.1, -0.05) is 37.4 Å². The van der Waals surface area contributed by atoms with Crippen LogP contribution in [-0.4, -0.2) is 56.5 Å². The van der Waals surface area contributed by atoms with Gasteiger partial charge in [0.2, 0.25) is 5.91 Å². The zero-order chi connectivity index (χ0) is 21.3. The van der Waals surface area contributed by atoms with Gasteiger partial charge in [-0.15, -0.1) is 0 Å². The van der Waals surface area contributed by atoms with Crippen molar-refractivity contribution in [1.82, 2.24) is 0 Å². The van der Waals surface area contributed by atoms with E-state index in [-0.39, 0.29) is 28.7 Å². The lowest BCUT2D eigenvalue weighted by atomic mass is 10.0. The van der Waals surface area contributed by atoms with Crippen molar-refractivity contribution in [2.75, 3.05) is 30.6 Å². The fourth-order valence-electron chi connectivity index (χ4n) is 4.62. The van der Waals surface area contributed by atoms with Crippen LogP contribution in [0.5, 0.6) is 11.5 Å². The highest BCUT2D eigenvalue weighted by atomic mass is 32.2. The Morgan fingerprint density at radius 2 is 1.97 bits per heavy atom. The van der Waals surface area contributed by atoms with Crippen molar-refractivity contribution in [3.05, 3.63) is 18.2 Å². The third-order valence-corrected chi connectivity index (χ3v) is 9.38. The number of amides is 1. The van der Waals surface area contributed by atoms with Crippen molar-refractivity contribution in [1.29, 1.82) is 0 Å². The highest BCUT2D eigenvalue weighted by Crippen LogP contribution is 2.44. The summed E-state index contributed by atoms with van der Waals surface area (Å²) < 4.78 is 35.3. The maximum Gasteiger partial charge on any atom is 0.248 e. The molecule has 0 N–H and O–H groups in total. The van der Waals surface area contributed by atoms with Gasteiger partial charge in [0.05, 0.1) is 37.5 Å². The molecule has 0 bridgehead atoms. The third-order valence-electron chi connectivity index (χ3n) is 6.17. The van der Waals surface area contributed by atoms with Gasteiger partial charge in [-0.25, -0.2) is 8.42 Å². The van der Waals surface area contributed by atoms with Crippen LogP contribution in [-0.2, 0) is 14.6 Å². The number of thioether (sulfide) groups is 1. The SMILES string of the molecule is COc1ccc(N2C(=NC(=O)CCC3CCCC3)S[C@H]3CS(=O)(=O)C[C@H]32)c(OC)c1. The lowest BCUT2D eigenvalue weighted by molar-refractivity contribution is -0.118. The highest BCUT2D eigenvalue weighted by Gasteiger charge is 2.50. The fraction of sp³-hybridized carbons (Fsp3) is 0.619. The number of carbonyl (C=O) groups excluding carboxylic acids is 1. The predicted octanol–water partition coefficient (Wildman–Crippen LogP) is 3.28. The van der Waals surface area contributed by atoms with Crippen molar-refractivity contribution in [3.63, 3.8) is 0 Å². The largest absolute Gasteiger partial charge is 0.497 e. The van der Waals surface area contributed by atoms with Gasteiger partial charge in [0, 0.05) is 17.7 Å². The number of amidine groups is 1. The molecule has 164 valence electrons. The van der Waals surface area contributed by atoms with E-state index >= 15 is 0 Å². The summed E-state index contributed by atoms with van der Waals surface area (Å²) in [5.41, 5.74) is 0.706. The summed E-state index contributed by atoms with van der Waals surface area (Å²) in [6, 6.07) is 5.14. The van der Waals surface area contributed by atoms with Crippen molar-refractivity contribution in [3.8, 4) is 11.5 Å². The summed E-state index contributed by atoms with van der Waals surface area (Å²) in [5.74, 6) is 1.86. The molecule has 1 amide bonds. The average Bonchev–Trinajstić information content (AvgIpc) is 3.40. The number of hydrogen-bond donors (Lipinski definition) is 0. The molecule has 0 spiro atoms. The summed E-state index contributed by atoms with van der Waals surface area (Å²) in [6.07, 6.45) is 6.24. The van der Waals surface area contributed by atoms with E-state index in [9.17, 15) is 13.2 Å². The minimum Gasteiger partial charge on any atom is -0.497 e. The Balaban J connectivity index is 1.62. The molecule has 2 atom stereocenters. The number of sulfone groups is 1. The Morgan fingerprint density at radius 3 is 2.67 bits per heavy atom. The molecule has 3 fully saturated rings. The molecule has 1 aliphatic carbocycles. The fourth-order valence-corrected chi connectivity index (χ4v) is 8.54. The molecule has 2 heterocycles. The van der Waals surface area contributed by atoms with Crippen LogP contribution < -0.4 is 14.4 Å². The number of carbonyl (C=O) groups is 1. The molecular formula is C21H28N2O5S2. The minimum atomic E-state index is -3.12. The molecule has 1 aromatic rings. The lowest BCUT2D eigenvalue weighted by Gasteiger charge is -2.26. The van der Waals surface area contributed by atoms with E-state index in [4.69, 9.17) is 9.47 Å². The standard InChI is InChI=1S/C21H28N2O5S2/c1-27-15-8-9-16(18(11-15)28-2)23-17-12-30(25,26)13-19(17)29-21(23)22-20(24)10-7-14-5-3-4-6-14/h8-9,11,14,17,19H,3-7,10,12-13H2,1-2H3/t17-,19+/m1/s1. The molecule has 0 unspecified atom stereocenters. The second-order valence-electron chi connectivity index (χ2n) is 8.19. The highest BCUT2D eigenvalue weighted by molar-refractivity contribution is 8.16. The van der Waals surface area contributed by atoms with Crippen molar-refractivity contribution < 1.29 is 22.7 Å². The summed E-state index contributed by atoms with van der Waals surface area (Å²) in [7, 11) is 0.0225. The van der Waals surface area contributed by atoms with Crippen LogP contribution in [0.1, 0.15) is 38.5 Å². The number of anilines is 1. The molecular weight excluding hydrogens is 424 g/mol. The zero-order valence-electron chi connectivity index (χ0n) is 17.4. The van der Waals surface area contributed by atoms with Gasteiger partial charge < -0.3 is 14.4 Å². The molecule has 2 saturated heterocycles. The molecule has 0 radical (unpaired) electrons. The topological polar surface area (TPSA) is 85.3 Å². The molecule has 1 aromatic carbocycles. The van der Waals surface area contributed by atoms with Crippen LogP contribution >= 0.6 is 11.8 Å². The van der Waals surface area contributed by atoms with Crippen LogP contribution in [0.15, 0.2) is 23.2 Å². The Morgan fingerprint density at radius 1 is 1.20 bits per heavy atom. The molecule has 1 saturated carbocycles. The first-order valence-corrected chi connectivity index (χ1v) is 13.1. The Hall–Kier alpha value is -1.74. The predicted molar refractivity (Wildman–Crippen MR) is 119 cm³/mol. The number of methoxy groups -OCH3 is 2. The summed E-state index contributed by atoms with van der Waals surface area (Å²) in [4.78, 5) is 18.9. The molecule has 9 heteroatoms. The average molecular weight is 453 g/mol. The number of aliphatic imine (C=N–C) groups is 1. The Labute approximate surface area is 182 Å². The minimum absolute atomic E-state index is 0.0507. The van der Waals surface area contributed by atoms with Gasteiger partial charge in [-0.05, 0) is 24.5 Å². The second-order valence-corrected chi connectivity index (χ2v) is 11.5. The number of fused-ring (bicyclic) bond motifs is 1. The van der Waals surface area contributed by atoms with Gasteiger partial charge in [-0.3, -0.25) is 4.79 Å². The van der Waals surface area contributed by atoms with Gasteiger partial charge >= 0.3 is 0 Å². The quantitative estimate of drug-likeness (QED) is 0.655. The summed E-state index contributed by atoms with van der Waals surface area (Å²) in [5, 5.41) is 0.433. The maximum absolute atomic E-state index is 12.6. The monoisotopic (exact) mass is 452 g/mol. The first kappa shape index (κ1) is 21.5. The van der Waals surface area contributed by atoms with Gasteiger partial charge in [-0.2, -0.15) is 4.99 Å². The molecule has 2 aliphatic heterocycles. The molecule has 3 aliphatic rings. The van der Waals surface area contributed by atoms with Gasteiger partial charge in [0.15, 0.2) is 15.0 Å². The van der Waals surface area contributed by atoms with Gasteiger partial charge in [0.25, 0.3) is 0 Å².